The van der Waals surface area contributed by atoms with Crippen LogP contribution < -0.4 is 14.8 Å². The molecule has 26 heavy (non-hydrogen) atoms. The van der Waals surface area contributed by atoms with Crippen LogP contribution in [0.3, 0.4) is 0 Å². The fourth-order valence-electron chi connectivity index (χ4n) is 2.21. The van der Waals surface area contributed by atoms with E-state index < -0.39 is 0 Å². The molecule has 1 amide bonds. The highest BCUT2D eigenvalue weighted by Gasteiger charge is 2.15. The summed E-state index contributed by atoms with van der Waals surface area (Å²) in [6, 6.07) is 13.3. The van der Waals surface area contributed by atoms with Gasteiger partial charge < -0.3 is 14.8 Å². The highest BCUT2D eigenvalue weighted by molar-refractivity contribution is 9.10. The van der Waals surface area contributed by atoms with E-state index in [9.17, 15) is 4.79 Å². The summed E-state index contributed by atoms with van der Waals surface area (Å²) in [5.74, 6) is 1.84. The summed E-state index contributed by atoms with van der Waals surface area (Å²) >= 11 is 4.73. The van der Waals surface area contributed by atoms with E-state index in [1.54, 1.807) is 13.3 Å². The number of amidine groups is 1. The van der Waals surface area contributed by atoms with Gasteiger partial charge in [-0.1, -0.05) is 27.7 Å². The monoisotopic (exact) mass is 433 g/mol. The molecule has 8 heteroatoms. The lowest BCUT2D eigenvalue weighted by Crippen LogP contribution is -2.19. The van der Waals surface area contributed by atoms with E-state index in [0.29, 0.717) is 17.5 Å². The van der Waals surface area contributed by atoms with Gasteiger partial charge in [-0.15, -0.1) is 5.10 Å². The third-order valence-electron chi connectivity index (χ3n) is 3.45. The molecule has 3 rings (SSSR count). The van der Waals surface area contributed by atoms with E-state index in [1.807, 2.05) is 42.5 Å². The molecule has 0 unspecified atom stereocenters. The van der Waals surface area contributed by atoms with Crippen LogP contribution in [-0.2, 0) is 11.4 Å². The molecule has 0 aromatic heterocycles. The Balaban J connectivity index is 1.69. The molecule has 1 saturated heterocycles. The average Bonchev–Trinajstić information content (AvgIpc) is 3.06. The molecule has 1 aliphatic rings. The van der Waals surface area contributed by atoms with E-state index in [-0.39, 0.29) is 5.91 Å². The van der Waals surface area contributed by atoms with Crippen molar-refractivity contribution in [3.63, 3.8) is 0 Å². The predicted octanol–water partition coefficient (Wildman–Crippen LogP) is 3.59. The van der Waals surface area contributed by atoms with Gasteiger partial charge >= 0.3 is 0 Å². The standard InChI is InChI=1S/C18H16BrN3O3S/c1-24-16-7-2-12(9-20-22-18-21-17(23)11-26-18)8-13(16)10-25-15-5-3-14(19)4-6-15/h2-9H,10-11H2,1H3,(H,21,22,23). The van der Waals surface area contributed by atoms with Crippen molar-refractivity contribution in [3.8, 4) is 11.5 Å². The first-order valence-electron chi connectivity index (χ1n) is 7.73. The van der Waals surface area contributed by atoms with Gasteiger partial charge in [-0.3, -0.25) is 4.79 Å². The third-order valence-corrected chi connectivity index (χ3v) is 4.85. The normalized spacial score (nSPS) is 15.5. The van der Waals surface area contributed by atoms with E-state index in [0.717, 1.165) is 27.1 Å². The number of amides is 1. The highest BCUT2D eigenvalue weighted by atomic mass is 79.9. The van der Waals surface area contributed by atoms with Gasteiger partial charge in [-0.05, 0) is 48.0 Å². The van der Waals surface area contributed by atoms with Crippen LogP contribution in [0, 0.1) is 0 Å². The molecule has 0 saturated carbocycles. The molecule has 1 aliphatic heterocycles. The lowest BCUT2D eigenvalue weighted by Gasteiger charge is -2.11. The summed E-state index contributed by atoms with van der Waals surface area (Å²) in [5.41, 5.74) is 1.76. The number of hydrogen-bond donors (Lipinski definition) is 1. The smallest absolute Gasteiger partial charge is 0.236 e. The molecular formula is C18H16BrN3O3S. The largest absolute Gasteiger partial charge is 0.496 e. The second-order valence-electron chi connectivity index (χ2n) is 5.30. The topological polar surface area (TPSA) is 72.3 Å². The first-order valence-corrected chi connectivity index (χ1v) is 9.51. The molecular weight excluding hydrogens is 418 g/mol. The fourth-order valence-corrected chi connectivity index (χ4v) is 3.11. The fraction of sp³-hybridized carbons (Fsp3) is 0.167. The molecule has 1 fully saturated rings. The van der Waals surface area contributed by atoms with E-state index >= 15 is 0 Å². The van der Waals surface area contributed by atoms with Crippen LogP contribution in [-0.4, -0.2) is 30.2 Å². The molecule has 1 heterocycles. The van der Waals surface area contributed by atoms with Gasteiger partial charge in [0.05, 0.1) is 19.1 Å². The van der Waals surface area contributed by atoms with Crippen LogP contribution in [0.2, 0.25) is 0 Å². The molecule has 134 valence electrons. The van der Waals surface area contributed by atoms with Gasteiger partial charge in [0.25, 0.3) is 0 Å². The van der Waals surface area contributed by atoms with Crippen molar-refractivity contribution < 1.29 is 14.3 Å². The number of hydrogen-bond acceptors (Lipinski definition) is 6. The van der Waals surface area contributed by atoms with Crippen molar-refractivity contribution in [1.82, 2.24) is 5.32 Å². The van der Waals surface area contributed by atoms with Crippen LogP contribution in [0.15, 0.2) is 57.1 Å². The SMILES string of the molecule is COc1ccc(C=NN=C2NC(=O)CS2)cc1COc1ccc(Br)cc1. The molecule has 2 aromatic rings. The van der Waals surface area contributed by atoms with Crippen molar-refractivity contribution in [1.29, 1.82) is 0 Å². The Morgan fingerprint density at radius 1 is 1.27 bits per heavy atom. The average molecular weight is 434 g/mol. The molecule has 0 spiro atoms. The lowest BCUT2D eigenvalue weighted by molar-refractivity contribution is -0.116. The number of thioether (sulfide) groups is 1. The number of ether oxygens (including phenoxy) is 2. The van der Waals surface area contributed by atoms with Crippen molar-refractivity contribution in [2.75, 3.05) is 12.9 Å². The zero-order chi connectivity index (χ0) is 18.4. The van der Waals surface area contributed by atoms with Gasteiger partial charge in [0.2, 0.25) is 5.91 Å². The number of nitrogens with zero attached hydrogens (tertiary/aromatic N) is 2. The van der Waals surface area contributed by atoms with Gasteiger partial charge in [0.15, 0.2) is 5.17 Å². The van der Waals surface area contributed by atoms with E-state index in [4.69, 9.17) is 9.47 Å². The van der Waals surface area contributed by atoms with Gasteiger partial charge in [0.1, 0.15) is 18.1 Å². The first kappa shape index (κ1) is 18.5. The minimum atomic E-state index is -0.0548. The number of nitrogens with one attached hydrogen (secondary N) is 1. The van der Waals surface area contributed by atoms with Gasteiger partial charge in [-0.25, -0.2) is 0 Å². The summed E-state index contributed by atoms with van der Waals surface area (Å²) < 4.78 is 12.2. The molecule has 0 radical (unpaired) electrons. The summed E-state index contributed by atoms with van der Waals surface area (Å²) in [6.45, 7) is 0.368. The number of benzene rings is 2. The van der Waals surface area contributed by atoms with E-state index in [1.165, 1.54) is 11.8 Å². The predicted molar refractivity (Wildman–Crippen MR) is 107 cm³/mol. The summed E-state index contributed by atoms with van der Waals surface area (Å²) in [7, 11) is 1.62. The van der Waals surface area contributed by atoms with Gasteiger partial charge in [-0.2, -0.15) is 5.10 Å². The summed E-state index contributed by atoms with van der Waals surface area (Å²) in [6.07, 6.45) is 1.63. The zero-order valence-electron chi connectivity index (χ0n) is 13.9. The summed E-state index contributed by atoms with van der Waals surface area (Å²) in [4.78, 5) is 11.1. The molecule has 2 aromatic carbocycles. The Labute approximate surface area is 163 Å². The number of carbonyl (C=O) groups is 1. The maximum Gasteiger partial charge on any atom is 0.236 e. The first-order chi connectivity index (χ1) is 12.6. The molecule has 1 N–H and O–H groups in total. The lowest BCUT2D eigenvalue weighted by atomic mass is 10.1. The number of rotatable bonds is 6. The minimum absolute atomic E-state index is 0.0548. The van der Waals surface area contributed by atoms with Crippen LogP contribution in [0.4, 0.5) is 0 Å². The molecule has 6 nitrogen and oxygen atoms in total. The Kier molecular flexibility index (Phi) is 6.30. The Hall–Kier alpha value is -2.32. The quantitative estimate of drug-likeness (QED) is 0.557. The number of carbonyl (C=O) groups excluding carboxylic acids is 1. The zero-order valence-corrected chi connectivity index (χ0v) is 16.3. The van der Waals surface area contributed by atoms with Crippen molar-refractivity contribution in [2.45, 2.75) is 6.61 Å². The van der Waals surface area contributed by atoms with Crippen LogP contribution in [0.1, 0.15) is 11.1 Å². The molecule has 0 atom stereocenters. The molecule has 0 aliphatic carbocycles. The second-order valence-corrected chi connectivity index (χ2v) is 7.18. The van der Waals surface area contributed by atoms with Gasteiger partial charge in [0, 0.05) is 10.0 Å². The summed E-state index contributed by atoms with van der Waals surface area (Å²) in [5, 5.41) is 11.2. The van der Waals surface area contributed by atoms with Crippen LogP contribution in [0.5, 0.6) is 11.5 Å². The highest BCUT2D eigenvalue weighted by Crippen LogP contribution is 2.23. The van der Waals surface area contributed by atoms with Crippen molar-refractivity contribution in [2.24, 2.45) is 10.2 Å². The van der Waals surface area contributed by atoms with E-state index in [2.05, 4.69) is 31.4 Å². The van der Waals surface area contributed by atoms with Crippen LogP contribution >= 0.6 is 27.7 Å². The Morgan fingerprint density at radius 2 is 2.08 bits per heavy atom. The second kappa shape index (κ2) is 8.86. The Bertz CT molecular complexity index is 853. The third kappa shape index (κ3) is 5.09. The number of methoxy groups -OCH3 is 1. The maximum atomic E-state index is 11.1. The van der Waals surface area contributed by atoms with Crippen LogP contribution in [0.25, 0.3) is 0 Å². The maximum absolute atomic E-state index is 11.1. The molecule has 0 bridgehead atoms. The number of halogens is 1. The Morgan fingerprint density at radius 3 is 2.77 bits per heavy atom. The van der Waals surface area contributed by atoms with Crippen molar-refractivity contribution >= 4 is 45.0 Å². The van der Waals surface area contributed by atoms with Crippen molar-refractivity contribution in [3.05, 3.63) is 58.1 Å². The minimum Gasteiger partial charge on any atom is -0.496 e.